The van der Waals surface area contributed by atoms with Crippen LogP contribution in [0.25, 0.3) is 10.2 Å². The van der Waals surface area contributed by atoms with Crippen LogP contribution in [0.5, 0.6) is 0 Å². The molecule has 0 aliphatic carbocycles. The molecule has 1 unspecified atom stereocenters. The highest BCUT2D eigenvalue weighted by molar-refractivity contribution is 7.21. The van der Waals surface area contributed by atoms with E-state index in [1.54, 1.807) is 6.20 Å². The SMILES string of the molecule is CCC1CN(C(=O)c2sc3cccnc3c2N)CCO1. The van der Waals surface area contributed by atoms with Crippen molar-refractivity contribution in [3.63, 3.8) is 0 Å². The van der Waals surface area contributed by atoms with Gasteiger partial charge in [-0.25, -0.2) is 0 Å². The Morgan fingerprint density at radius 3 is 3.25 bits per heavy atom. The predicted molar refractivity (Wildman–Crippen MR) is 80.0 cm³/mol. The monoisotopic (exact) mass is 291 g/mol. The fourth-order valence-electron chi connectivity index (χ4n) is 2.40. The molecular formula is C14H17N3O2S. The number of ether oxygens (including phenoxy) is 1. The summed E-state index contributed by atoms with van der Waals surface area (Å²) in [5.41, 5.74) is 7.30. The molecule has 1 aliphatic rings. The summed E-state index contributed by atoms with van der Waals surface area (Å²) in [6, 6.07) is 3.79. The number of hydrogen-bond acceptors (Lipinski definition) is 5. The molecule has 5 nitrogen and oxygen atoms in total. The van der Waals surface area contributed by atoms with Gasteiger partial charge in [0.15, 0.2) is 0 Å². The third kappa shape index (κ3) is 2.25. The molecule has 1 fully saturated rings. The number of nitrogen functional groups attached to an aromatic ring is 1. The zero-order valence-corrected chi connectivity index (χ0v) is 12.2. The summed E-state index contributed by atoms with van der Waals surface area (Å²) in [4.78, 5) is 19.3. The second kappa shape index (κ2) is 5.38. The molecule has 2 N–H and O–H groups in total. The van der Waals surface area contributed by atoms with Crippen molar-refractivity contribution in [3.05, 3.63) is 23.2 Å². The summed E-state index contributed by atoms with van der Waals surface area (Å²) in [6.07, 6.45) is 2.73. The minimum absolute atomic E-state index is 0.00718. The molecule has 1 atom stereocenters. The van der Waals surface area contributed by atoms with Gasteiger partial charge in [0.2, 0.25) is 0 Å². The van der Waals surface area contributed by atoms with Crippen molar-refractivity contribution in [2.45, 2.75) is 19.4 Å². The molecule has 3 rings (SSSR count). The molecule has 0 radical (unpaired) electrons. The first-order chi connectivity index (χ1) is 9.70. The standard InChI is InChI=1S/C14H17N3O2S/c1-2-9-8-17(6-7-19-9)14(18)13-11(15)12-10(20-13)4-3-5-16-12/h3-5,9H,2,6-8,15H2,1H3. The Morgan fingerprint density at radius 2 is 2.50 bits per heavy atom. The Bertz CT molecular complexity index is 640. The number of hydrogen-bond donors (Lipinski definition) is 1. The summed E-state index contributed by atoms with van der Waals surface area (Å²) in [5.74, 6) is -0.00718. The Morgan fingerprint density at radius 1 is 1.65 bits per heavy atom. The van der Waals surface area contributed by atoms with Crippen molar-refractivity contribution in [1.82, 2.24) is 9.88 Å². The third-order valence-electron chi connectivity index (χ3n) is 3.56. The molecule has 1 aliphatic heterocycles. The van der Waals surface area contributed by atoms with Crippen molar-refractivity contribution < 1.29 is 9.53 Å². The van der Waals surface area contributed by atoms with Crippen LogP contribution in [0.3, 0.4) is 0 Å². The minimum atomic E-state index is -0.00718. The number of morpholine rings is 1. The topological polar surface area (TPSA) is 68.5 Å². The number of carbonyl (C=O) groups excluding carboxylic acids is 1. The highest BCUT2D eigenvalue weighted by Gasteiger charge is 2.27. The zero-order chi connectivity index (χ0) is 14.1. The molecule has 2 aromatic heterocycles. The molecule has 0 bridgehead atoms. The van der Waals surface area contributed by atoms with Crippen LogP contribution in [0, 0.1) is 0 Å². The lowest BCUT2D eigenvalue weighted by atomic mass is 10.2. The molecule has 6 heteroatoms. The normalized spacial score (nSPS) is 19.4. The van der Waals surface area contributed by atoms with E-state index in [4.69, 9.17) is 10.5 Å². The number of thiophene rings is 1. The average molecular weight is 291 g/mol. The maximum atomic E-state index is 12.6. The van der Waals surface area contributed by atoms with E-state index in [2.05, 4.69) is 11.9 Å². The van der Waals surface area contributed by atoms with E-state index >= 15 is 0 Å². The molecule has 2 aromatic rings. The molecule has 3 heterocycles. The molecule has 20 heavy (non-hydrogen) atoms. The molecule has 0 saturated carbocycles. The van der Waals surface area contributed by atoms with Gasteiger partial charge in [-0.3, -0.25) is 9.78 Å². The number of rotatable bonds is 2. The van der Waals surface area contributed by atoms with Gasteiger partial charge in [0.05, 0.1) is 23.1 Å². The average Bonchev–Trinajstić information content (AvgIpc) is 2.84. The van der Waals surface area contributed by atoms with Gasteiger partial charge in [-0.2, -0.15) is 0 Å². The van der Waals surface area contributed by atoms with E-state index < -0.39 is 0 Å². The number of anilines is 1. The van der Waals surface area contributed by atoms with E-state index in [1.165, 1.54) is 11.3 Å². The van der Waals surface area contributed by atoms with Gasteiger partial charge in [-0.05, 0) is 18.6 Å². The number of nitrogens with zero attached hydrogens (tertiary/aromatic N) is 2. The smallest absolute Gasteiger partial charge is 0.266 e. The lowest BCUT2D eigenvalue weighted by Crippen LogP contribution is -2.45. The zero-order valence-electron chi connectivity index (χ0n) is 11.3. The molecule has 0 spiro atoms. The highest BCUT2D eigenvalue weighted by atomic mass is 32.1. The van der Waals surface area contributed by atoms with E-state index in [1.807, 2.05) is 17.0 Å². The Balaban J connectivity index is 1.90. The summed E-state index contributed by atoms with van der Waals surface area (Å²) >= 11 is 1.41. The number of amides is 1. The van der Waals surface area contributed by atoms with Crippen molar-refractivity contribution in [1.29, 1.82) is 0 Å². The van der Waals surface area contributed by atoms with Crippen LogP contribution in [-0.4, -0.2) is 41.6 Å². The van der Waals surface area contributed by atoms with Crippen LogP contribution in [0.4, 0.5) is 5.69 Å². The fraction of sp³-hybridized carbons (Fsp3) is 0.429. The van der Waals surface area contributed by atoms with Crippen LogP contribution < -0.4 is 5.73 Å². The van der Waals surface area contributed by atoms with Crippen LogP contribution in [0.2, 0.25) is 0 Å². The van der Waals surface area contributed by atoms with E-state index in [0.717, 1.165) is 16.6 Å². The van der Waals surface area contributed by atoms with Crippen LogP contribution in [0.1, 0.15) is 23.0 Å². The Labute approximate surface area is 121 Å². The lowest BCUT2D eigenvalue weighted by Gasteiger charge is -2.32. The summed E-state index contributed by atoms with van der Waals surface area (Å²) < 4.78 is 6.55. The number of pyridine rings is 1. The number of aromatic nitrogens is 1. The van der Waals surface area contributed by atoms with Gasteiger partial charge < -0.3 is 15.4 Å². The van der Waals surface area contributed by atoms with Gasteiger partial charge >= 0.3 is 0 Å². The predicted octanol–water partition coefficient (Wildman–Crippen LogP) is 2.13. The van der Waals surface area contributed by atoms with E-state index in [0.29, 0.717) is 30.3 Å². The van der Waals surface area contributed by atoms with Gasteiger partial charge in [0.25, 0.3) is 5.91 Å². The second-order valence-electron chi connectivity index (χ2n) is 4.85. The highest BCUT2D eigenvalue weighted by Crippen LogP contribution is 2.33. The molecule has 1 saturated heterocycles. The Hall–Kier alpha value is -1.66. The second-order valence-corrected chi connectivity index (χ2v) is 5.90. The lowest BCUT2D eigenvalue weighted by molar-refractivity contribution is -0.0224. The van der Waals surface area contributed by atoms with Crippen molar-refractivity contribution in [2.24, 2.45) is 0 Å². The Kier molecular flexibility index (Phi) is 3.58. The summed E-state index contributed by atoms with van der Waals surface area (Å²) in [6.45, 7) is 3.91. The molecule has 0 aromatic carbocycles. The van der Waals surface area contributed by atoms with Crippen LogP contribution in [0.15, 0.2) is 18.3 Å². The molecule has 1 amide bonds. The summed E-state index contributed by atoms with van der Waals surface area (Å²) in [7, 11) is 0. The number of fused-ring (bicyclic) bond motifs is 1. The number of carbonyl (C=O) groups is 1. The largest absolute Gasteiger partial charge is 0.396 e. The van der Waals surface area contributed by atoms with E-state index in [-0.39, 0.29) is 12.0 Å². The van der Waals surface area contributed by atoms with Gasteiger partial charge in [0.1, 0.15) is 10.4 Å². The van der Waals surface area contributed by atoms with Crippen LogP contribution in [-0.2, 0) is 4.74 Å². The van der Waals surface area contributed by atoms with Crippen molar-refractivity contribution in [3.8, 4) is 0 Å². The minimum Gasteiger partial charge on any atom is -0.396 e. The maximum absolute atomic E-state index is 12.6. The van der Waals surface area contributed by atoms with Crippen molar-refractivity contribution in [2.75, 3.05) is 25.4 Å². The van der Waals surface area contributed by atoms with Gasteiger partial charge in [-0.15, -0.1) is 11.3 Å². The quantitative estimate of drug-likeness (QED) is 0.920. The first kappa shape index (κ1) is 13.3. The molecule has 106 valence electrons. The third-order valence-corrected chi connectivity index (χ3v) is 4.71. The first-order valence-electron chi connectivity index (χ1n) is 6.74. The maximum Gasteiger partial charge on any atom is 0.266 e. The van der Waals surface area contributed by atoms with Gasteiger partial charge in [0, 0.05) is 19.3 Å². The summed E-state index contributed by atoms with van der Waals surface area (Å²) in [5, 5.41) is 0. The fourth-order valence-corrected chi connectivity index (χ4v) is 3.45. The molecular weight excluding hydrogens is 274 g/mol. The first-order valence-corrected chi connectivity index (χ1v) is 7.56. The number of nitrogens with two attached hydrogens (primary N) is 1. The van der Waals surface area contributed by atoms with Gasteiger partial charge in [-0.1, -0.05) is 6.92 Å². The van der Waals surface area contributed by atoms with Crippen LogP contribution >= 0.6 is 11.3 Å². The van der Waals surface area contributed by atoms with E-state index in [9.17, 15) is 4.79 Å². The van der Waals surface area contributed by atoms with Crippen molar-refractivity contribution >= 4 is 33.1 Å².